The van der Waals surface area contributed by atoms with Gasteiger partial charge in [-0.15, -0.1) is 0 Å². The average molecular weight is 750 g/mol. The van der Waals surface area contributed by atoms with E-state index in [-0.39, 0.29) is 27.3 Å². The van der Waals surface area contributed by atoms with Crippen molar-refractivity contribution in [2.24, 2.45) is 11.8 Å². The summed E-state index contributed by atoms with van der Waals surface area (Å²) in [5, 5.41) is 0. The molecule has 0 aromatic carbocycles. The Hall–Kier alpha value is 1.60. The Morgan fingerprint density at radius 1 is 0.727 bits per heavy atom. The number of hydrogen-bond acceptors (Lipinski definition) is 10. The molecule has 0 aromatic rings. The topological polar surface area (TPSA) is 151 Å². The molecule has 0 rings (SSSR count). The molecule has 15 heteroatoms. The predicted octanol–water partition coefficient (Wildman–Crippen LogP) is 5.24. The van der Waals surface area contributed by atoms with Crippen LogP contribution in [-0.2, 0) is 35.9 Å². The zero-order valence-electron chi connectivity index (χ0n) is 20.7. The van der Waals surface area contributed by atoms with Gasteiger partial charge in [-0.05, 0) is 24.7 Å². The third-order valence-electron chi connectivity index (χ3n) is 4.66. The van der Waals surface area contributed by atoms with Gasteiger partial charge in [0.25, 0.3) is 0 Å². The Balaban J connectivity index is -0.000000529. The fourth-order valence-corrected chi connectivity index (χ4v) is 6.15. The van der Waals surface area contributed by atoms with E-state index in [1.165, 1.54) is 13.3 Å². The summed E-state index contributed by atoms with van der Waals surface area (Å²) in [6.45, 7) is 11.2. The van der Waals surface area contributed by atoms with Gasteiger partial charge in [-0.25, -0.2) is 0 Å². The van der Waals surface area contributed by atoms with Gasteiger partial charge in [0.1, 0.15) is 16.5 Å². The molecule has 0 N–H and O–H groups in total. The molecule has 0 aromatic heterocycles. The quantitative estimate of drug-likeness (QED) is 0.135. The molecular weight excluding hydrogens is 707 g/mol. The van der Waals surface area contributed by atoms with E-state index in [0.717, 1.165) is 51.4 Å². The molecule has 0 saturated heterocycles. The second-order valence-corrected chi connectivity index (χ2v) is 13.7. The van der Waals surface area contributed by atoms with Crippen LogP contribution in [0.25, 0.3) is 0 Å². The van der Waals surface area contributed by atoms with E-state index in [9.17, 15) is 28.0 Å². The molecule has 10 nitrogen and oxygen atoms in total. The smallest absolute Gasteiger partial charge is 0.781 e. The monoisotopic (exact) mass is 750 g/mol. The van der Waals surface area contributed by atoms with Gasteiger partial charge in [0.15, 0.2) is 0 Å². The van der Waals surface area contributed by atoms with E-state index in [0.29, 0.717) is 25.0 Å². The van der Waals surface area contributed by atoms with Crippen molar-refractivity contribution >= 4 is 59.0 Å². The van der Waals surface area contributed by atoms with Crippen molar-refractivity contribution in [3.63, 3.8) is 0 Å². The van der Waals surface area contributed by atoms with Gasteiger partial charge >= 0.3 is 42.5 Å². The number of hydrogen-bond donors (Lipinski definition) is 0. The van der Waals surface area contributed by atoms with Crippen molar-refractivity contribution in [3.05, 3.63) is 0 Å². The van der Waals surface area contributed by atoms with Gasteiger partial charge in [0.05, 0.1) is 13.2 Å². The van der Waals surface area contributed by atoms with Crippen LogP contribution in [0.5, 0.6) is 0 Å². The summed E-state index contributed by atoms with van der Waals surface area (Å²) in [5.41, 5.74) is 0. The predicted molar refractivity (Wildman–Crippen MR) is 132 cm³/mol. The van der Waals surface area contributed by atoms with Crippen molar-refractivity contribution in [3.8, 4) is 0 Å². The van der Waals surface area contributed by atoms with E-state index in [2.05, 4.69) is 22.5 Å². The molecule has 198 valence electrons. The second kappa shape index (κ2) is 22.8. The molecule has 0 heterocycles. The zero-order valence-corrected chi connectivity index (χ0v) is 28.4. The minimum absolute atomic E-state index is 0. The minimum atomic E-state index is -3.45. The maximum Gasteiger partial charge on any atom is 2.00 e. The molecule has 0 fully saturated rings. The standard InChI is InChI=1S/2C9H22O5P2.Pb/c2*1-4-6-7-9(5-2)8-13-16(3,12)14-15(10)11;/h2*9,15H,4-8H2,1-3H3,(H,10,11);/q;;+2/p-2. The van der Waals surface area contributed by atoms with E-state index >= 15 is 0 Å². The molecule has 0 bridgehead atoms. The van der Waals surface area contributed by atoms with Gasteiger partial charge in [-0.1, -0.05) is 66.2 Å². The van der Waals surface area contributed by atoms with Crippen LogP contribution in [0.15, 0.2) is 0 Å². The molecule has 0 aliphatic carbocycles. The minimum Gasteiger partial charge on any atom is -0.781 e. The van der Waals surface area contributed by atoms with Crippen LogP contribution < -0.4 is 9.79 Å². The van der Waals surface area contributed by atoms with Crippen molar-refractivity contribution in [2.75, 3.05) is 26.5 Å². The van der Waals surface area contributed by atoms with Crippen LogP contribution in [-0.4, -0.2) is 53.8 Å². The first-order valence-corrected chi connectivity index (χ1v) is 17.5. The maximum atomic E-state index is 11.5. The third kappa shape index (κ3) is 26.5. The molecule has 6 atom stereocenters. The molecule has 0 saturated carbocycles. The normalized spacial score (nSPS) is 18.4. The van der Waals surface area contributed by atoms with Gasteiger partial charge < -0.3 is 28.0 Å². The van der Waals surface area contributed by atoms with E-state index in [4.69, 9.17) is 9.05 Å². The van der Waals surface area contributed by atoms with Gasteiger partial charge in [-0.3, -0.25) is 17.8 Å². The average Bonchev–Trinajstić information content (AvgIpc) is 2.67. The summed E-state index contributed by atoms with van der Waals surface area (Å²) >= 11 is 0. The molecule has 6 unspecified atom stereocenters. The van der Waals surface area contributed by atoms with Crippen LogP contribution in [0.1, 0.15) is 79.1 Å². The zero-order chi connectivity index (χ0) is 25.2. The van der Waals surface area contributed by atoms with Crippen molar-refractivity contribution in [1.82, 2.24) is 0 Å². The van der Waals surface area contributed by atoms with Crippen LogP contribution in [0.2, 0.25) is 0 Å². The first kappa shape index (κ1) is 39.1. The maximum absolute atomic E-state index is 11.5. The molecule has 2 radical (unpaired) electrons. The first-order chi connectivity index (χ1) is 14.8. The molecule has 0 spiro atoms. The van der Waals surface area contributed by atoms with Crippen LogP contribution in [0.3, 0.4) is 0 Å². The molecule has 0 aliphatic heterocycles. The number of rotatable bonds is 18. The Labute approximate surface area is 221 Å². The van der Waals surface area contributed by atoms with E-state index < -0.39 is 31.7 Å². The Morgan fingerprint density at radius 2 is 1.03 bits per heavy atom. The van der Waals surface area contributed by atoms with Crippen molar-refractivity contribution in [1.29, 1.82) is 0 Å². The van der Waals surface area contributed by atoms with E-state index in [1.54, 1.807) is 0 Å². The van der Waals surface area contributed by atoms with Crippen molar-refractivity contribution in [2.45, 2.75) is 79.1 Å². The fraction of sp³-hybridized carbons (Fsp3) is 1.00. The largest absolute Gasteiger partial charge is 2.00 e. The van der Waals surface area contributed by atoms with Crippen LogP contribution in [0, 0.1) is 11.8 Å². The number of unbranched alkanes of at least 4 members (excludes halogenated alkanes) is 2. The summed E-state index contributed by atoms with van der Waals surface area (Å²) in [5.74, 6) is 0.622. The first-order valence-electron chi connectivity index (χ1n) is 11.1. The summed E-state index contributed by atoms with van der Waals surface area (Å²) < 4.78 is 62.2. The molecule has 0 amide bonds. The summed E-state index contributed by atoms with van der Waals surface area (Å²) in [6, 6.07) is 0. The third-order valence-corrected chi connectivity index (χ3v) is 9.74. The van der Waals surface area contributed by atoms with Gasteiger partial charge in [0, 0.05) is 13.3 Å². The van der Waals surface area contributed by atoms with Gasteiger partial charge in [0.2, 0.25) is 0 Å². The van der Waals surface area contributed by atoms with Crippen molar-refractivity contribution < 1.29 is 45.7 Å². The molecule has 0 aliphatic rings. The molecular formula is C18H42O10P4Pb. The summed E-state index contributed by atoms with van der Waals surface area (Å²) in [7, 11) is -13.8. The Morgan fingerprint density at radius 3 is 1.24 bits per heavy atom. The molecule has 33 heavy (non-hydrogen) atoms. The summed E-state index contributed by atoms with van der Waals surface area (Å²) in [4.78, 5) is 20.6. The van der Waals surface area contributed by atoms with E-state index in [1.807, 2.05) is 13.8 Å². The van der Waals surface area contributed by atoms with Gasteiger partial charge in [-0.2, -0.15) is 0 Å². The SMILES string of the molecule is CCCCC(CC)COP(C)(=O)O[PH](=O)[O-].CCCCC(CC)COP(C)(=O)O[PH](=O)[O-].[Pb+2]. The fourth-order valence-electron chi connectivity index (χ4n) is 2.60. The Kier molecular flexibility index (Phi) is 27.0. The summed E-state index contributed by atoms with van der Waals surface area (Å²) in [6.07, 6.45) is 8.23. The Bertz CT molecular complexity index is 571. The second-order valence-electron chi connectivity index (χ2n) is 7.65. The van der Waals surface area contributed by atoms with Crippen LogP contribution >= 0.6 is 31.7 Å². The van der Waals surface area contributed by atoms with Crippen LogP contribution in [0.4, 0.5) is 0 Å².